The van der Waals surface area contributed by atoms with Crippen LogP contribution in [0.1, 0.15) is 0 Å². The van der Waals surface area contributed by atoms with Gasteiger partial charge in [0, 0.05) is 10.0 Å². The fourth-order valence-electron chi connectivity index (χ4n) is 1.16. The summed E-state index contributed by atoms with van der Waals surface area (Å²) in [6.07, 6.45) is 0. The number of rotatable bonds is 1. The first-order valence-corrected chi connectivity index (χ1v) is 5.28. The zero-order chi connectivity index (χ0) is 10.8. The molecular formula is C10H5BrClFN2. The SMILES string of the molecule is Fc1ccc(-c2ccc(Cl)nn2)c(Br)c1. The largest absolute Gasteiger partial charge is 0.207 e. The van der Waals surface area contributed by atoms with Crippen LogP contribution in [0.15, 0.2) is 34.8 Å². The maximum absolute atomic E-state index is 12.8. The number of aromatic nitrogens is 2. The molecule has 76 valence electrons. The molecule has 2 rings (SSSR count). The predicted molar refractivity (Wildman–Crippen MR) is 60.1 cm³/mol. The highest BCUT2D eigenvalue weighted by Gasteiger charge is 2.05. The molecule has 0 spiro atoms. The lowest BCUT2D eigenvalue weighted by Gasteiger charge is -2.02. The Balaban J connectivity index is 2.49. The Kier molecular flexibility index (Phi) is 2.98. The van der Waals surface area contributed by atoms with Crippen molar-refractivity contribution in [3.05, 3.63) is 45.8 Å². The van der Waals surface area contributed by atoms with E-state index in [2.05, 4.69) is 26.1 Å². The molecule has 2 aromatic rings. The minimum Gasteiger partial charge on any atom is -0.207 e. The van der Waals surface area contributed by atoms with E-state index < -0.39 is 0 Å². The van der Waals surface area contributed by atoms with Gasteiger partial charge in [-0.3, -0.25) is 0 Å². The highest BCUT2D eigenvalue weighted by atomic mass is 79.9. The van der Waals surface area contributed by atoms with E-state index in [1.807, 2.05) is 0 Å². The van der Waals surface area contributed by atoms with E-state index in [0.29, 0.717) is 15.3 Å². The summed E-state index contributed by atoms with van der Waals surface area (Å²) in [5, 5.41) is 7.96. The van der Waals surface area contributed by atoms with Crippen molar-refractivity contribution >= 4 is 27.5 Å². The summed E-state index contributed by atoms with van der Waals surface area (Å²) >= 11 is 8.88. The molecule has 0 saturated heterocycles. The van der Waals surface area contributed by atoms with Crippen LogP contribution in [0.25, 0.3) is 11.3 Å². The molecular weight excluding hydrogens is 282 g/mol. The van der Waals surface area contributed by atoms with Crippen molar-refractivity contribution in [2.75, 3.05) is 0 Å². The lowest BCUT2D eigenvalue weighted by molar-refractivity contribution is 0.627. The molecule has 0 amide bonds. The third-order valence-electron chi connectivity index (χ3n) is 1.84. The molecule has 0 aliphatic rings. The average molecular weight is 288 g/mol. The molecule has 0 aliphatic carbocycles. The van der Waals surface area contributed by atoms with Crippen LogP contribution >= 0.6 is 27.5 Å². The van der Waals surface area contributed by atoms with Crippen LogP contribution in [0.3, 0.4) is 0 Å². The lowest BCUT2D eigenvalue weighted by Crippen LogP contribution is -1.88. The molecule has 5 heteroatoms. The number of nitrogens with zero attached hydrogens (tertiary/aromatic N) is 2. The van der Waals surface area contributed by atoms with Crippen molar-refractivity contribution in [1.29, 1.82) is 0 Å². The third kappa shape index (κ3) is 2.33. The molecule has 1 heterocycles. The molecule has 0 radical (unpaired) electrons. The smallest absolute Gasteiger partial charge is 0.151 e. The molecule has 15 heavy (non-hydrogen) atoms. The summed E-state index contributed by atoms with van der Waals surface area (Å²) < 4.78 is 13.5. The number of hydrogen-bond donors (Lipinski definition) is 0. The molecule has 0 aliphatic heterocycles. The minimum absolute atomic E-state index is 0.299. The van der Waals surface area contributed by atoms with Gasteiger partial charge in [0.15, 0.2) is 5.15 Å². The Labute approximate surface area is 99.2 Å². The van der Waals surface area contributed by atoms with Crippen molar-refractivity contribution < 1.29 is 4.39 Å². The van der Waals surface area contributed by atoms with Crippen LogP contribution in [0, 0.1) is 5.82 Å². The third-order valence-corrected chi connectivity index (χ3v) is 2.70. The summed E-state index contributed by atoms with van der Waals surface area (Å²) in [6, 6.07) is 7.76. The molecule has 0 fully saturated rings. The summed E-state index contributed by atoms with van der Waals surface area (Å²) in [5.41, 5.74) is 1.42. The second kappa shape index (κ2) is 4.24. The van der Waals surface area contributed by atoms with E-state index in [1.54, 1.807) is 18.2 Å². The second-order valence-corrected chi connectivity index (χ2v) is 4.11. The van der Waals surface area contributed by atoms with Crippen LogP contribution in [-0.4, -0.2) is 10.2 Å². The van der Waals surface area contributed by atoms with Crippen molar-refractivity contribution in [3.8, 4) is 11.3 Å². The Hall–Kier alpha value is -1.00. The molecule has 1 aromatic carbocycles. The lowest BCUT2D eigenvalue weighted by atomic mass is 10.1. The Bertz CT molecular complexity index is 487. The van der Waals surface area contributed by atoms with Crippen molar-refractivity contribution in [3.63, 3.8) is 0 Å². The van der Waals surface area contributed by atoms with E-state index >= 15 is 0 Å². The molecule has 2 nitrogen and oxygen atoms in total. The van der Waals surface area contributed by atoms with Gasteiger partial charge >= 0.3 is 0 Å². The zero-order valence-corrected chi connectivity index (χ0v) is 9.76. The number of hydrogen-bond acceptors (Lipinski definition) is 2. The fraction of sp³-hybridized carbons (Fsp3) is 0. The van der Waals surface area contributed by atoms with Crippen LogP contribution in [-0.2, 0) is 0 Å². The van der Waals surface area contributed by atoms with E-state index in [4.69, 9.17) is 11.6 Å². The van der Waals surface area contributed by atoms with Gasteiger partial charge < -0.3 is 0 Å². The van der Waals surface area contributed by atoms with Crippen LogP contribution < -0.4 is 0 Å². The Morgan fingerprint density at radius 1 is 1.13 bits per heavy atom. The first-order valence-electron chi connectivity index (χ1n) is 4.11. The summed E-state index contributed by atoms with van der Waals surface area (Å²) in [5.74, 6) is -0.299. The van der Waals surface area contributed by atoms with Crippen molar-refractivity contribution in [2.45, 2.75) is 0 Å². The van der Waals surface area contributed by atoms with Gasteiger partial charge in [-0.15, -0.1) is 10.2 Å². The highest BCUT2D eigenvalue weighted by Crippen LogP contribution is 2.27. The van der Waals surface area contributed by atoms with Gasteiger partial charge in [-0.25, -0.2) is 4.39 Å². The molecule has 0 atom stereocenters. The van der Waals surface area contributed by atoms with Crippen LogP contribution in [0.4, 0.5) is 4.39 Å². The molecule has 1 aromatic heterocycles. The maximum Gasteiger partial charge on any atom is 0.151 e. The van der Waals surface area contributed by atoms with Crippen LogP contribution in [0.5, 0.6) is 0 Å². The van der Waals surface area contributed by atoms with E-state index in [0.717, 1.165) is 5.56 Å². The van der Waals surface area contributed by atoms with E-state index in [-0.39, 0.29) is 5.82 Å². The number of halogens is 3. The standard InChI is InChI=1S/C10H5BrClFN2/c11-8-5-6(13)1-2-7(8)9-3-4-10(12)15-14-9/h1-5H. The van der Waals surface area contributed by atoms with Gasteiger partial charge in [-0.1, -0.05) is 11.6 Å². The number of benzene rings is 1. The summed E-state index contributed by atoms with van der Waals surface area (Å²) in [7, 11) is 0. The first-order chi connectivity index (χ1) is 7.16. The topological polar surface area (TPSA) is 25.8 Å². The van der Waals surface area contributed by atoms with Crippen molar-refractivity contribution in [1.82, 2.24) is 10.2 Å². The quantitative estimate of drug-likeness (QED) is 0.799. The maximum atomic E-state index is 12.8. The normalized spacial score (nSPS) is 10.3. The van der Waals surface area contributed by atoms with Gasteiger partial charge in [0.05, 0.1) is 5.69 Å². The Morgan fingerprint density at radius 2 is 1.93 bits per heavy atom. The summed E-state index contributed by atoms with van der Waals surface area (Å²) in [4.78, 5) is 0. The summed E-state index contributed by atoms with van der Waals surface area (Å²) in [6.45, 7) is 0. The van der Waals surface area contributed by atoms with Crippen LogP contribution in [0.2, 0.25) is 5.15 Å². The van der Waals surface area contributed by atoms with E-state index in [1.165, 1.54) is 12.1 Å². The molecule has 0 unspecified atom stereocenters. The second-order valence-electron chi connectivity index (χ2n) is 2.87. The zero-order valence-electron chi connectivity index (χ0n) is 7.42. The highest BCUT2D eigenvalue weighted by molar-refractivity contribution is 9.10. The van der Waals surface area contributed by atoms with Gasteiger partial charge in [0.1, 0.15) is 5.82 Å². The monoisotopic (exact) mass is 286 g/mol. The first kappa shape index (κ1) is 10.5. The Morgan fingerprint density at radius 3 is 2.53 bits per heavy atom. The average Bonchev–Trinajstić information content (AvgIpc) is 2.20. The van der Waals surface area contributed by atoms with E-state index in [9.17, 15) is 4.39 Å². The van der Waals surface area contributed by atoms with Gasteiger partial charge in [-0.2, -0.15) is 0 Å². The van der Waals surface area contributed by atoms with Gasteiger partial charge in [0.25, 0.3) is 0 Å². The fourth-order valence-corrected chi connectivity index (χ4v) is 1.81. The predicted octanol–water partition coefficient (Wildman–Crippen LogP) is 3.70. The molecule has 0 N–H and O–H groups in total. The van der Waals surface area contributed by atoms with Crippen molar-refractivity contribution in [2.24, 2.45) is 0 Å². The van der Waals surface area contributed by atoms with Gasteiger partial charge in [-0.05, 0) is 46.3 Å². The van der Waals surface area contributed by atoms with Gasteiger partial charge in [0.2, 0.25) is 0 Å². The minimum atomic E-state index is -0.299. The molecule has 0 saturated carbocycles. The molecule has 0 bridgehead atoms.